The number of pyridine rings is 1. The number of nitrogens with one attached hydrogen (secondary N) is 2. The van der Waals surface area contributed by atoms with Gasteiger partial charge in [-0.2, -0.15) is 13.5 Å². The molecule has 6 nitrogen and oxygen atoms in total. The molecule has 0 aliphatic carbocycles. The van der Waals surface area contributed by atoms with Crippen molar-refractivity contribution in [3.63, 3.8) is 0 Å². The summed E-state index contributed by atoms with van der Waals surface area (Å²) in [6.07, 6.45) is 3.50. The molecule has 2 aromatic rings. The van der Waals surface area contributed by atoms with Gasteiger partial charge >= 0.3 is 0 Å². The number of sulfonamides is 1. The molecule has 16 heavy (non-hydrogen) atoms. The first-order valence-corrected chi connectivity index (χ1v) is 5.69. The van der Waals surface area contributed by atoms with Crippen molar-refractivity contribution in [3.8, 4) is 0 Å². The number of rotatable bonds is 3. The molecule has 84 valence electrons. The Morgan fingerprint density at radius 1 is 1.31 bits per heavy atom. The molecule has 0 saturated carbocycles. The van der Waals surface area contributed by atoms with Gasteiger partial charge in [0.2, 0.25) is 0 Å². The number of nitrogens with zero attached hydrogens (tertiary/aromatic N) is 2. The predicted octanol–water partition coefficient (Wildman–Crippen LogP) is 0.745. The summed E-state index contributed by atoms with van der Waals surface area (Å²) >= 11 is 0. The molecule has 0 unspecified atom stereocenters. The molecule has 2 heterocycles. The lowest BCUT2D eigenvalue weighted by atomic mass is 10.4. The van der Waals surface area contributed by atoms with Gasteiger partial charge < -0.3 is 0 Å². The molecule has 0 radical (unpaired) electrons. The molecule has 0 aliphatic heterocycles. The lowest BCUT2D eigenvalue weighted by molar-refractivity contribution is 0.594. The van der Waals surface area contributed by atoms with Gasteiger partial charge in [0.1, 0.15) is 0 Å². The van der Waals surface area contributed by atoms with E-state index in [-0.39, 0.29) is 10.7 Å². The van der Waals surface area contributed by atoms with Crippen molar-refractivity contribution in [2.24, 2.45) is 0 Å². The van der Waals surface area contributed by atoms with Crippen molar-refractivity contribution >= 4 is 15.7 Å². The van der Waals surface area contributed by atoms with E-state index in [0.717, 1.165) is 6.20 Å². The maximum Gasteiger partial charge on any atom is 0.278 e. The highest BCUT2D eigenvalue weighted by atomic mass is 32.2. The first kappa shape index (κ1) is 10.6. The van der Waals surface area contributed by atoms with Crippen LogP contribution in [0.2, 0.25) is 0 Å². The van der Waals surface area contributed by atoms with Crippen molar-refractivity contribution in [1.29, 1.82) is 0 Å². The van der Waals surface area contributed by atoms with Gasteiger partial charge in [-0.15, -0.1) is 0 Å². The van der Waals surface area contributed by atoms with Crippen LogP contribution >= 0.6 is 0 Å². The van der Waals surface area contributed by atoms with Gasteiger partial charge in [-0.25, -0.2) is 4.39 Å². The third-order valence-corrected chi connectivity index (χ3v) is 3.08. The summed E-state index contributed by atoms with van der Waals surface area (Å²) < 4.78 is 38.5. The van der Waals surface area contributed by atoms with Gasteiger partial charge in [0, 0.05) is 6.20 Å². The second-order valence-electron chi connectivity index (χ2n) is 2.88. The first-order valence-electron chi connectivity index (χ1n) is 4.21. The Morgan fingerprint density at radius 2 is 2.12 bits per heavy atom. The van der Waals surface area contributed by atoms with Gasteiger partial charge in [0.15, 0.2) is 10.8 Å². The molecule has 0 fully saturated rings. The summed E-state index contributed by atoms with van der Waals surface area (Å²) in [5.41, 5.74) is -0.162. The molecule has 0 aliphatic rings. The number of H-pyrrole nitrogens is 1. The zero-order chi connectivity index (χ0) is 11.6. The Hall–Kier alpha value is -1.96. The fraction of sp³-hybridized carbons (Fsp3) is 0. The van der Waals surface area contributed by atoms with E-state index in [2.05, 4.69) is 19.9 Å². The fourth-order valence-electron chi connectivity index (χ4n) is 1.05. The van der Waals surface area contributed by atoms with Crippen LogP contribution in [0.4, 0.5) is 10.1 Å². The third-order valence-electron chi connectivity index (χ3n) is 1.78. The second kappa shape index (κ2) is 3.89. The first-order chi connectivity index (χ1) is 7.59. The van der Waals surface area contributed by atoms with Gasteiger partial charge in [-0.05, 0) is 12.1 Å². The highest BCUT2D eigenvalue weighted by Crippen LogP contribution is 2.15. The van der Waals surface area contributed by atoms with E-state index in [1.165, 1.54) is 24.5 Å². The highest BCUT2D eigenvalue weighted by molar-refractivity contribution is 7.92. The molecule has 0 aromatic carbocycles. The highest BCUT2D eigenvalue weighted by Gasteiger charge is 2.17. The zero-order valence-corrected chi connectivity index (χ0v) is 8.70. The Labute approximate surface area is 90.6 Å². The minimum atomic E-state index is -3.83. The van der Waals surface area contributed by atoms with E-state index in [4.69, 9.17) is 0 Å². The molecule has 2 aromatic heterocycles. The summed E-state index contributed by atoms with van der Waals surface area (Å²) in [7, 11) is -3.83. The van der Waals surface area contributed by atoms with Crippen LogP contribution in [-0.2, 0) is 10.0 Å². The molecule has 2 N–H and O–H groups in total. The molecule has 0 amide bonds. The van der Waals surface area contributed by atoms with Crippen LogP contribution in [0.15, 0.2) is 35.7 Å². The smallest absolute Gasteiger partial charge is 0.275 e. The normalized spacial score (nSPS) is 11.3. The predicted molar refractivity (Wildman–Crippen MR) is 53.6 cm³/mol. The standard InChI is InChI=1S/C8H7FN4O2S/c9-6-5-10-3-1-7(6)13-16(14,15)8-2-4-11-12-8/h1-5H,(H,10,13)(H,11,12). The zero-order valence-electron chi connectivity index (χ0n) is 7.88. The topological polar surface area (TPSA) is 87.7 Å². The maximum absolute atomic E-state index is 13.1. The molecule has 0 atom stereocenters. The van der Waals surface area contributed by atoms with Gasteiger partial charge in [0.25, 0.3) is 10.0 Å². The molecule has 0 bridgehead atoms. The van der Waals surface area contributed by atoms with E-state index in [1.54, 1.807) is 0 Å². The monoisotopic (exact) mass is 242 g/mol. The number of anilines is 1. The lowest BCUT2D eigenvalue weighted by Gasteiger charge is -2.05. The number of hydrogen-bond acceptors (Lipinski definition) is 4. The average Bonchev–Trinajstić information content (AvgIpc) is 2.75. The largest absolute Gasteiger partial charge is 0.278 e. The van der Waals surface area contributed by atoms with Crippen LogP contribution in [0.25, 0.3) is 0 Å². The molecule has 0 saturated heterocycles. The lowest BCUT2D eigenvalue weighted by Crippen LogP contribution is -2.14. The SMILES string of the molecule is O=S(=O)(Nc1ccncc1F)c1ccn[nH]1. The summed E-state index contributed by atoms with van der Waals surface area (Å²) in [5, 5.41) is 5.65. The van der Waals surface area contributed by atoms with Gasteiger partial charge in [-0.1, -0.05) is 0 Å². The molecular weight excluding hydrogens is 235 g/mol. The van der Waals surface area contributed by atoms with Crippen molar-refractivity contribution in [1.82, 2.24) is 15.2 Å². The van der Waals surface area contributed by atoms with Crippen molar-refractivity contribution in [2.75, 3.05) is 4.72 Å². The molecule has 2 rings (SSSR count). The maximum atomic E-state index is 13.1. The van der Waals surface area contributed by atoms with Crippen LogP contribution in [0.5, 0.6) is 0 Å². The Morgan fingerprint density at radius 3 is 2.75 bits per heavy atom. The summed E-state index contributed by atoms with van der Waals surface area (Å²) in [6.45, 7) is 0. The number of aromatic nitrogens is 3. The van der Waals surface area contributed by atoms with Crippen LogP contribution in [-0.4, -0.2) is 23.6 Å². The number of halogens is 1. The summed E-state index contributed by atoms with van der Waals surface area (Å²) in [6, 6.07) is 2.49. The van der Waals surface area contributed by atoms with E-state index < -0.39 is 15.8 Å². The van der Waals surface area contributed by atoms with Crippen molar-refractivity contribution in [2.45, 2.75) is 5.03 Å². The molecule has 0 spiro atoms. The summed E-state index contributed by atoms with van der Waals surface area (Å²) in [4.78, 5) is 3.51. The fourth-order valence-corrected chi connectivity index (χ4v) is 2.03. The number of aromatic amines is 1. The third kappa shape index (κ3) is 2.01. The van der Waals surface area contributed by atoms with E-state index in [9.17, 15) is 12.8 Å². The minimum absolute atomic E-state index is 0.135. The van der Waals surface area contributed by atoms with E-state index >= 15 is 0 Å². The Bertz CT molecular complexity index is 582. The Balaban J connectivity index is 2.33. The van der Waals surface area contributed by atoms with Crippen LogP contribution in [0, 0.1) is 5.82 Å². The quantitative estimate of drug-likeness (QED) is 0.831. The Kier molecular flexibility index (Phi) is 2.57. The van der Waals surface area contributed by atoms with Crippen LogP contribution in [0.1, 0.15) is 0 Å². The van der Waals surface area contributed by atoms with E-state index in [0.29, 0.717) is 0 Å². The van der Waals surface area contributed by atoms with Crippen molar-refractivity contribution < 1.29 is 12.8 Å². The molecule has 8 heteroatoms. The second-order valence-corrected chi connectivity index (χ2v) is 4.53. The minimum Gasteiger partial charge on any atom is -0.275 e. The van der Waals surface area contributed by atoms with E-state index in [1.807, 2.05) is 0 Å². The van der Waals surface area contributed by atoms with Crippen molar-refractivity contribution in [3.05, 3.63) is 36.5 Å². The van der Waals surface area contributed by atoms with Crippen LogP contribution in [0.3, 0.4) is 0 Å². The average molecular weight is 242 g/mol. The summed E-state index contributed by atoms with van der Waals surface area (Å²) in [5.74, 6) is -0.745. The number of hydrogen-bond donors (Lipinski definition) is 2. The van der Waals surface area contributed by atoms with Gasteiger partial charge in [-0.3, -0.25) is 14.8 Å². The molecular formula is C8H7FN4O2S. The van der Waals surface area contributed by atoms with Crippen LogP contribution < -0.4 is 4.72 Å². The van der Waals surface area contributed by atoms with Gasteiger partial charge in [0.05, 0.1) is 18.1 Å².